The summed E-state index contributed by atoms with van der Waals surface area (Å²) in [6.07, 6.45) is 5.89. The first-order valence-electron chi connectivity index (χ1n) is 7.61. The lowest BCUT2D eigenvalue weighted by atomic mass is 9.76. The smallest absolute Gasteiger partial charge is 0.207 e. The monoisotopic (exact) mass is 304 g/mol. The van der Waals surface area contributed by atoms with Crippen LogP contribution in [0.2, 0.25) is 0 Å². The van der Waals surface area contributed by atoms with Gasteiger partial charge in [0.25, 0.3) is 0 Å². The molecule has 0 N–H and O–H groups in total. The van der Waals surface area contributed by atoms with Gasteiger partial charge in [0.15, 0.2) is 0 Å². The Morgan fingerprint density at radius 1 is 1.14 bits per heavy atom. The Balaban J connectivity index is 1.83. The van der Waals surface area contributed by atoms with Crippen LogP contribution in [0.3, 0.4) is 0 Å². The molecule has 1 aliphatic carbocycles. The van der Waals surface area contributed by atoms with Crippen molar-refractivity contribution in [1.82, 2.24) is 4.31 Å². The molecule has 0 aromatic heterocycles. The molecule has 21 heavy (non-hydrogen) atoms. The number of hydrogen-bond acceptors (Lipinski definition) is 3. The van der Waals surface area contributed by atoms with Gasteiger partial charge in [-0.05, 0) is 42.9 Å². The molecule has 1 saturated carbocycles. The van der Waals surface area contributed by atoms with Crippen LogP contribution in [-0.2, 0) is 10.0 Å². The van der Waals surface area contributed by atoms with Crippen LogP contribution in [0.15, 0.2) is 29.2 Å². The molecule has 112 valence electrons. The highest BCUT2D eigenvalue weighted by Gasteiger charge is 2.36. The van der Waals surface area contributed by atoms with Gasteiger partial charge in [-0.15, -0.1) is 0 Å². The van der Waals surface area contributed by atoms with E-state index >= 15 is 0 Å². The van der Waals surface area contributed by atoms with Gasteiger partial charge in [0.2, 0.25) is 10.0 Å². The van der Waals surface area contributed by atoms with E-state index in [9.17, 15) is 8.42 Å². The first kappa shape index (κ1) is 14.6. The molecule has 2 fully saturated rings. The summed E-state index contributed by atoms with van der Waals surface area (Å²) >= 11 is 0. The van der Waals surface area contributed by atoms with Crippen molar-refractivity contribution < 1.29 is 8.42 Å². The molecule has 2 aliphatic rings. The molecule has 0 spiro atoms. The van der Waals surface area contributed by atoms with Crippen LogP contribution >= 0.6 is 0 Å². The number of hydrogen-bond donors (Lipinski definition) is 0. The van der Waals surface area contributed by atoms with Crippen LogP contribution in [0.4, 0.5) is 0 Å². The number of fused-ring (bicyclic) bond motifs is 1. The van der Waals surface area contributed by atoms with E-state index in [1.165, 1.54) is 25.3 Å². The van der Waals surface area contributed by atoms with E-state index in [4.69, 9.17) is 5.26 Å². The van der Waals surface area contributed by atoms with Gasteiger partial charge in [-0.1, -0.05) is 25.3 Å². The molecule has 3 rings (SSSR count). The maximum absolute atomic E-state index is 12.7. The molecule has 0 radical (unpaired) electrons. The number of rotatable bonds is 2. The Hall–Kier alpha value is -1.38. The lowest BCUT2D eigenvalue weighted by Gasteiger charge is -2.40. The predicted molar refractivity (Wildman–Crippen MR) is 80.0 cm³/mol. The van der Waals surface area contributed by atoms with Gasteiger partial charge in [-0.2, -0.15) is 9.57 Å². The molecule has 1 heterocycles. The lowest BCUT2D eigenvalue weighted by molar-refractivity contribution is 0.136. The quantitative estimate of drug-likeness (QED) is 0.844. The minimum atomic E-state index is -3.46. The fraction of sp³-hybridized carbons (Fsp3) is 0.562. The van der Waals surface area contributed by atoms with Crippen molar-refractivity contribution in [2.75, 3.05) is 13.1 Å². The molecule has 4 nitrogen and oxygen atoms in total. The summed E-state index contributed by atoms with van der Waals surface area (Å²) in [6, 6.07) is 8.33. The summed E-state index contributed by atoms with van der Waals surface area (Å²) in [5, 5.41) is 8.93. The Morgan fingerprint density at radius 2 is 1.90 bits per heavy atom. The maximum Gasteiger partial charge on any atom is 0.243 e. The molecule has 0 unspecified atom stereocenters. The summed E-state index contributed by atoms with van der Waals surface area (Å²) < 4.78 is 27.1. The number of piperidine rings is 1. The van der Waals surface area contributed by atoms with E-state index in [1.807, 2.05) is 6.07 Å². The van der Waals surface area contributed by atoms with Crippen molar-refractivity contribution in [2.45, 2.75) is 37.0 Å². The summed E-state index contributed by atoms with van der Waals surface area (Å²) in [4.78, 5) is 0.246. The molecule has 0 bridgehead atoms. The molecule has 2 atom stereocenters. The molecule has 1 aliphatic heterocycles. The lowest BCUT2D eigenvalue weighted by Crippen LogP contribution is -2.44. The standard InChI is InChI=1S/C16H20N2O2S/c17-11-13-4-3-7-16(10-13)21(19,20)18-9-8-14-5-1-2-6-15(14)12-18/h3-4,7,10,14-15H,1-2,5-6,8-9,12H2/t14-,15-/m1/s1. The van der Waals surface area contributed by atoms with E-state index < -0.39 is 10.0 Å². The second-order valence-electron chi connectivity index (χ2n) is 6.10. The van der Waals surface area contributed by atoms with Crippen molar-refractivity contribution in [3.05, 3.63) is 29.8 Å². The zero-order valence-electron chi connectivity index (χ0n) is 12.0. The fourth-order valence-corrected chi connectivity index (χ4v) is 5.22. The topological polar surface area (TPSA) is 61.2 Å². The maximum atomic E-state index is 12.7. The van der Waals surface area contributed by atoms with Crippen LogP contribution in [0.1, 0.15) is 37.7 Å². The normalized spacial score (nSPS) is 26.8. The zero-order valence-corrected chi connectivity index (χ0v) is 12.8. The fourth-order valence-electron chi connectivity index (χ4n) is 3.66. The van der Waals surface area contributed by atoms with Crippen molar-refractivity contribution in [2.24, 2.45) is 11.8 Å². The van der Waals surface area contributed by atoms with E-state index in [0.717, 1.165) is 12.8 Å². The first-order valence-corrected chi connectivity index (χ1v) is 9.05. The van der Waals surface area contributed by atoms with Gasteiger partial charge >= 0.3 is 0 Å². The summed E-state index contributed by atoms with van der Waals surface area (Å²) in [5.74, 6) is 1.22. The SMILES string of the molecule is N#Cc1cccc(S(=O)(=O)N2CC[C@H]3CCCC[C@@H]3C2)c1. The number of nitriles is 1. The first-order chi connectivity index (χ1) is 10.1. The average Bonchev–Trinajstić information content (AvgIpc) is 2.54. The Labute approximate surface area is 126 Å². The van der Waals surface area contributed by atoms with Gasteiger partial charge in [-0.25, -0.2) is 8.42 Å². The number of sulfonamides is 1. The van der Waals surface area contributed by atoms with Crippen molar-refractivity contribution in [3.63, 3.8) is 0 Å². The van der Waals surface area contributed by atoms with Gasteiger partial charge in [0.05, 0.1) is 16.5 Å². The van der Waals surface area contributed by atoms with Gasteiger partial charge < -0.3 is 0 Å². The largest absolute Gasteiger partial charge is 0.243 e. The molecular formula is C16H20N2O2S. The third-order valence-electron chi connectivity index (χ3n) is 4.85. The second kappa shape index (κ2) is 5.78. The average molecular weight is 304 g/mol. The minimum absolute atomic E-state index is 0.246. The van der Waals surface area contributed by atoms with Gasteiger partial charge in [0.1, 0.15) is 0 Å². The van der Waals surface area contributed by atoms with E-state index in [0.29, 0.717) is 30.5 Å². The number of nitrogens with zero attached hydrogens (tertiary/aromatic N) is 2. The highest BCUT2D eigenvalue weighted by molar-refractivity contribution is 7.89. The summed E-state index contributed by atoms with van der Waals surface area (Å²) in [5.41, 5.74) is 0.392. The molecule has 1 saturated heterocycles. The third-order valence-corrected chi connectivity index (χ3v) is 6.72. The summed E-state index contributed by atoms with van der Waals surface area (Å²) in [6.45, 7) is 1.25. The van der Waals surface area contributed by atoms with E-state index in [-0.39, 0.29) is 4.90 Å². The zero-order chi connectivity index (χ0) is 14.9. The van der Waals surface area contributed by atoms with Crippen LogP contribution in [0.25, 0.3) is 0 Å². The Bertz CT molecular complexity index is 663. The van der Waals surface area contributed by atoms with Crippen molar-refractivity contribution >= 4 is 10.0 Å². The van der Waals surface area contributed by atoms with E-state index in [2.05, 4.69) is 0 Å². The van der Waals surface area contributed by atoms with Crippen LogP contribution < -0.4 is 0 Å². The minimum Gasteiger partial charge on any atom is -0.207 e. The highest BCUT2D eigenvalue weighted by Crippen LogP contribution is 2.37. The molecule has 5 heteroatoms. The summed E-state index contributed by atoms with van der Waals surface area (Å²) in [7, 11) is -3.46. The van der Waals surface area contributed by atoms with Crippen molar-refractivity contribution in [3.8, 4) is 6.07 Å². The molecule has 1 aromatic carbocycles. The predicted octanol–water partition coefficient (Wildman–Crippen LogP) is 2.76. The van der Waals surface area contributed by atoms with E-state index in [1.54, 1.807) is 22.5 Å². The molecule has 0 amide bonds. The van der Waals surface area contributed by atoms with Gasteiger partial charge in [0, 0.05) is 13.1 Å². The molecular weight excluding hydrogens is 284 g/mol. The van der Waals surface area contributed by atoms with Gasteiger partial charge in [-0.3, -0.25) is 0 Å². The second-order valence-corrected chi connectivity index (χ2v) is 8.03. The third kappa shape index (κ3) is 2.83. The molecule has 1 aromatic rings. The van der Waals surface area contributed by atoms with Crippen LogP contribution in [-0.4, -0.2) is 25.8 Å². The van der Waals surface area contributed by atoms with Crippen LogP contribution in [0.5, 0.6) is 0 Å². The highest BCUT2D eigenvalue weighted by atomic mass is 32.2. The Kier molecular flexibility index (Phi) is 4.01. The Morgan fingerprint density at radius 3 is 2.67 bits per heavy atom. The van der Waals surface area contributed by atoms with Crippen molar-refractivity contribution in [1.29, 1.82) is 5.26 Å². The number of benzene rings is 1. The van der Waals surface area contributed by atoms with Crippen LogP contribution in [0, 0.1) is 23.2 Å².